The van der Waals surface area contributed by atoms with Gasteiger partial charge in [0.1, 0.15) is 18.2 Å². The molecule has 4 aromatic carbocycles. The van der Waals surface area contributed by atoms with Gasteiger partial charge in [-0.2, -0.15) is 0 Å². The summed E-state index contributed by atoms with van der Waals surface area (Å²) in [4.78, 5) is 27.1. The molecule has 48 heavy (non-hydrogen) atoms. The maximum Gasteiger partial charge on any atom is 0.328 e. The first-order chi connectivity index (χ1) is 23.6. The first-order valence-electron chi connectivity index (χ1n) is 16.7. The van der Waals surface area contributed by atoms with Gasteiger partial charge < -0.3 is 29.6 Å². The van der Waals surface area contributed by atoms with Crippen LogP contribution in [0.1, 0.15) is 35.1 Å². The zero-order chi connectivity index (χ0) is 33.2. The maximum absolute atomic E-state index is 14.3. The van der Waals surface area contributed by atoms with Gasteiger partial charge in [-0.1, -0.05) is 121 Å². The summed E-state index contributed by atoms with van der Waals surface area (Å²) in [7, 11) is 1.35. The van der Waals surface area contributed by atoms with Crippen LogP contribution in [0.2, 0.25) is 0 Å². The fourth-order valence-corrected chi connectivity index (χ4v) is 6.57. The Morgan fingerprint density at radius 2 is 1.19 bits per heavy atom. The summed E-state index contributed by atoms with van der Waals surface area (Å²) < 4.78 is 24.8. The molecular weight excluding hydrogens is 604 g/mol. The number of hydrogen-bond acceptors (Lipinski definition) is 7. The summed E-state index contributed by atoms with van der Waals surface area (Å²) in [6.45, 7) is 1.58. The number of esters is 1. The van der Waals surface area contributed by atoms with E-state index in [1.807, 2.05) is 121 Å². The Labute approximate surface area is 282 Å². The van der Waals surface area contributed by atoms with Gasteiger partial charge in [-0.3, -0.25) is 4.79 Å². The first-order valence-corrected chi connectivity index (χ1v) is 16.7. The van der Waals surface area contributed by atoms with E-state index in [-0.39, 0.29) is 18.0 Å². The van der Waals surface area contributed by atoms with Crippen LogP contribution in [-0.2, 0) is 54.8 Å². The van der Waals surface area contributed by atoms with Gasteiger partial charge in [0.2, 0.25) is 5.91 Å². The second kappa shape index (κ2) is 16.2. The molecule has 8 nitrogen and oxygen atoms in total. The van der Waals surface area contributed by atoms with E-state index in [2.05, 4.69) is 10.6 Å². The number of amides is 1. The average molecular weight is 649 g/mol. The van der Waals surface area contributed by atoms with E-state index < -0.39 is 29.6 Å². The molecule has 0 spiro atoms. The third kappa shape index (κ3) is 8.38. The molecule has 0 bridgehead atoms. The average Bonchev–Trinajstić information content (AvgIpc) is 3.88. The minimum absolute atomic E-state index is 0.188. The van der Waals surface area contributed by atoms with Gasteiger partial charge in [0.05, 0.1) is 51.0 Å². The van der Waals surface area contributed by atoms with Crippen molar-refractivity contribution in [2.75, 3.05) is 13.7 Å². The molecule has 1 aliphatic carbocycles. The van der Waals surface area contributed by atoms with Crippen molar-refractivity contribution in [3.63, 3.8) is 0 Å². The van der Waals surface area contributed by atoms with Crippen LogP contribution in [0, 0.1) is 5.41 Å². The van der Waals surface area contributed by atoms with Gasteiger partial charge in [-0.15, -0.1) is 0 Å². The zero-order valence-electron chi connectivity index (χ0n) is 27.3. The van der Waals surface area contributed by atoms with Gasteiger partial charge in [0, 0.05) is 6.42 Å². The molecule has 4 aromatic rings. The van der Waals surface area contributed by atoms with Crippen molar-refractivity contribution >= 4 is 11.9 Å². The van der Waals surface area contributed by atoms with Crippen LogP contribution >= 0.6 is 0 Å². The molecular formula is C40H44N2O6. The molecule has 1 saturated carbocycles. The lowest BCUT2D eigenvalue weighted by molar-refractivity contribution is -0.146. The molecule has 250 valence electrons. The van der Waals surface area contributed by atoms with Crippen LogP contribution in [0.5, 0.6) is 0 Å². The summed E-state index contributed by atoms with van der Waals surface area (Å²) in [5, 5.41) is 6.81. The zero-order valence-corrected chi connectivity index (χ0v) is 27.3. The molecule has 5 atom stereocenters. The number of methoxy groups -OCH3 is 1. The van der Waals surface area contributed by atoms with Gasteiger partial charge in [0.25, 0.3) is 0 Å². The molecule has 8 heteroatoms. The van der Waals surface area contributed by atoms with Gasteiger partial charge in [-0.05, 0) is 35.1 Å². The number of hydrogen-bond donors (Lipinski definition) is 2. The molecule has 1 aliphatic heterocycles. The lowest BCUT2D eigenvalue weighted by Crippen LogP contribution is -2.54. The van der Waals surface area contributed by atoms with E-state index in [0.717, 1.165) is 22.3 Å². The van der Waals surface area contributed by atoms with Crippen LogP contribution in [0.4, 0.5) is 0 Å². The molecule has 1 amide bonds. The molecule has 0 radical (unpaired) electrons. The fourth-order valence-electron chi connectivity index (χ4n) is 6.57. The SMILES string of the molecule is COC(=O)[C@H](Cc1ccccc1)NC(=O)C1([C@H]2N[C@H](COCc3ccccc3)[C@@H](OCc3ccccc3)[C@@H]2OCc2ccccc2)CC1. The van der Waals surface area contributed by atoms with E-state index in [9.17, 15) is 9.59 Å². The van der Waals surface area contributed by atoms with Crippen molar-refractivity contribution < 1.29 is 28.5 Å². The van der Waals surface area contributed by atoms with E-state index in [4.69, 9.17) is 18.9 Å². The molecule has 2 N–H and O–H groups in total. The third-order valence-corrected chi connectivity index (χ3v) is 9.33. The minimum atomic E-state index is -0.817. The van der Waals surface area contributed by atoms with Crippen molar-refractivity contribution in [2.24, 2.45) is 5.41 Å². The number of nitrogens with one attached hydrogen (secondary N) is 2. The lowest BCUT2D eigenvalue weighted by Gasteiger charge is -2.31. The maximum atomic E-state index is 14.3. The fraction of sp³-hybridized carbons (Fsp3) is 0.350. The monoisotopic (exact) mass is 648 g/mol. The Kier molecular flexibility index (Phi) is 11.3. The summed E-state index contributed by atoms with van der Waals surface area (Å²) >= 11 is 0. The van der Waals surface area contributed by atoms with Crippen molar-refractivity contribution in [3.8, 4) is 0 Å². The van der Waals surface area contributed by atoms with E-state index in [1.165, 1.54) is 7.11 Å². The summed E-state index contributed by atoms with van der Waals surface area (Å²) in [6, 6.07) is 38.3. The second-order valence-corrected chi connectivity index (χ2v) is 12.7. The predicted molar refractivity (Wildman–Crippen MR) is 183 cm³/mol. The van der Waals surface area contributed by atoms with Crippen molar-refractivity contribution in [1.82, 2.24) is 10.6 Å². The van der Waals surface area contributed by atoms with E-state index in [1.54, 1.807) is 0 Å². The van der Waals surface area contributed by atoms with E-state index >= 15 is 0 Å². The van der Waals surface area contributed by atoms with Gasteiger partial charge >= 0.3 is 5.97 Å². The van der Waals surface area contributed by atoms with Crippen LogP contribution in [0.25, 0.3) is 0 Å². The molecule has 6 rings (SSSR count). The molecule has 0 aromatic heterocycles. The highest BCUT2D eigenvalue weighted by Gasteiger charge is 2.63. The summed E-state index contributed by atoms with van der Waals surface area (Å²) in [5.41, 5.74) is 3.31. The van der Waals surface area contributed by atoms with Crippen molar-refractivity contribution in [1.29, 1.82) is 0 Å². The molecule has 2 fully saturated rings. The smallest absolute Gasteiger partial charge is 0.328 e. The Morgan fingerprint density at radius 3 is 1.69 bits per heavy atom. The minimum Gasteiger partial charge on any atom is -0.467 e. The number of carbonyl (C=O) groups is 2. The summed E-state index contributed by atoms with van der Waals surface area (Å²) in [5.74, 6) is -0.664. The van der Waals surface area contributed by atoms with Crippen molar-refractivity contribution in [3.05, 3.63) is 144 Å². The Morgan fingerprint density at radius 1 is 0.708 bits per heavy atom. The standard InChI is InChI=1S/C40H44N2O6/c1-45-38(43)33(24-29-14-6-2-7-15-29)42-39(44)40(22-23-40)37-36(48-27-32-20-12-5-13-21-32)35(47-26-31-18-10-4-11-19-31)34(41-37)28-46-25-30-16-8-3-9-17-30/h2-21,33-37,41H,22-28H2,1H3,(H,42,44)/t33-,34+,35+,36-,37-/m0/s1. The number of rotatable bonds is 16. The number of benzene rings is 4. The highest BCUT2D eigenvalue weighted by atomic mass is 16.5. The normalized spacial score (nSPS) is 21.7. The Hall–Kier alpha value is -4.34. The lowest BCUT2D eigenvalue weighted by atomic mass is 9.90. The topological polar surface area (TPSA) is 95.1 Å². The van der Waals surface area contributed by atoms with E-state index in [0.29, 0.717) is 45.7 Å². The van der Waals surface area contributed by atoms with Crippen LogP contribution in [-0.4, -0.2) is 55.9 Å². The van der Waals surface area contributed by atoms with Gasteiger partial charge in [0.15, 0.2) is 0 Å². The number of carbonyl (C=O) groups excluding carboxylic acids is 2. The van der Waals surface area contributed by atoms with Crippen LogP contribution in [0.3, 0.4) is 0 Å². The largest absolute Gasteiger partial charge is 0.467 e. The van der Waals surface area contributed by atoms with Crippen molar-refractivity contribution in [2.45, 2.75) is 69.4 Å². The number of ether oxygens (including phenoxy) is 4. The third-order valence-electron chi connectivity index (χ3n) is 9.33. The molecule has 0 unspecified atom stereocenters. The Bertz CT molecular complexity index is 1580. The highest BCUT2D eigenvalue weighted by molar-refractivity contribution is 5.90. The van der Waals surface area contributed by atoms with Gasteiger partial charge in [-0.25, -0.2) is 4.79 Å². The quantitative estimate of drug-likeness (QED) is 0.157. The molecule has 1 saturated heterocycles. The molecule has 2 aliphatic rings. The first kappa shape index (κ1) is 33.6. The molecule has 1 heterocycles. The Balaban J connectivity index is 1.25. The predicted octanol–water partition coefficient (Wildman–Crippen LogP) is 5.40. The highest BCUT2D eigenvalue weighted by Crippen LogP contribution is 2.53. The van der Waals surface area contributed by atoms with Crippen LogP contribution < -0.4 is 10.6 Å². The summed E-state index contributed by atoms with van der Waals surface area (Å²) in [6.07, 6.45) is 0.785. The van der Waals surface area contributed by atoms with Crippen LogP contribution in [0.15, 0.2) is 121 Å². The second-order valence-electron chi connectivity index (χ2n) is 12.7.